The number of carbonyl (C=O) groups excluding carboxylic acids is 2. The van der Waals surface area contributed by atoms with E-state index in [1.54, 1.807) is 13.0 Å². The van der Waals surface area contributed by atoms with Gasteiger partial charge in [0, 0.05) is 16.6 Å². The van der Waals surface area contributed by atoms with Crippen molar-refractivity contribution in [2.24, 2.45) is 0 Å². The van der Waals surface area contributed by atoms with E-state index >= 15 is 0 Å². The van der Waals surface area contributed by atoms with E-state index in [0.717, 1.165) is 10.0 Å². The average Bonchev–Trinajstić information content (AvgIpc) is 2.37. The normalized spacial score (nSPS) is 12.2. The Labute approximate surface area is 121 Å². The molecule has 0 fully saturated rings. The number of rotatable bonds is 5. The number of methoxy groups -OCH3 is 1. The number of esters is 1. The highest BCUT2D eigenvalue weighted by Crippen LogP contribution is 2.16. The van der Waals surface area contributed by atoms with Crippen molar-refractivity contribution in [3.63, 3.8) is 0 Å². The lowest BCUT2D eigenvalue weighted by Gasteiger charge is -2.10. The van der Waals surface area contributed by atoms with Crippen molar-refractivity contribution in [1.29, 1.82) is 0 Å². The quantitative estimate of drug-likeness (QED) is 0.668. The van der Waals surface area contributed by atoms with Gasteiger partial charge in [0.1, 0.15) is 0 Å². The van der Waals surface area contributed by atoms with Crippen LogP contribution < -0.4 is 5.32 Å². The molecular formula is C14H16BrNO3. The van der Waals surface area contributed by atoms with Crippen LogP contribution in [-0.2, 0) is 14.3 Å². The van der Waals surface area contributed by atoms with Crippen LogP contribution in [-0.4, -0.2) is 25.0 Å². The minimum atomic E-state index is -0.345. The zero-order chi connectivity index (χ0) is 14.3. The second kappa shape index (κ2) is 7.74. The zero-order valence-electron chi connectivity index (χ0n) is 10.9. The fourth-order valence-electron chi connectivity index (χ4n) is 1.45. The molecule has 0 heterocycles. The van der Waals surface area contributed by atoms with Gasteiger partial charge >= 0.3 is 5.97 Å². The minimum absolute atomic E-state index is 0.158. The third-order valence-corrected chi connectivity index (χ3v) is 3.13. The molecule has 1 aromatic rings. The van der Waals surface area contributed by atoms with Gasteiger partial charge in [-0.3, -0.25) is 9.59 Å². The highest BCUT2D eigenvalue weighted by atomic mass is 79.9. The SMILES string of the molecule is COC(=O)CC(C)NC(=O)/C=C/c1ccccc1Br. The Morgan fingerprint density at radius 2 is 2.11 bits per heavy atom. The van der Waals surface area contributed by atoms with E-state index in [2.05, 4.69) is 26.0 Å². The highest BCUT2D eigenvalue weighted by Gasteiger charge is 2.10. The minimum Gasteiger partial charge on any atom is -0.469 e. The molecule has 1 atom stereocenters. The smallest absolute Gasteiger partial charge is 0.307 e. The molecule has 0 aliphatic heterocycles. The van der Waals surface area contributed by atoms with Crippen LogP contribution >= 0.6 is 15.9 Å². The first kappa shape index (κ1) is 15.4. The summed E-state index contributed by atoms with van der Waals surface area (Å²) in [7, 11) is 1.32. The predicted octanol–water partition coefficient (Wildman–Crippen LogP) is 2.53. The Morgan fingerprint density at radius 1 is 1.42 bits per heavy atom. The molecule has 1 unspecified atom stereocenters. The molecule has 4 nitrogen and oxygen atoms in total. The molecule has 0 bridgehead atoms. The Morgan fingerprint density at radius 3 is 2.74 bits per heavy atom. The Balaban J connectivity index is 2.51. The Bertz CT molecular complexity index is 485. The van der Waals surface area contributed by atoms with E-state index in [-0.39, 0.29) is 24.3 Å². The number of hydrogen-bond acceptors (Lipinski definition) is 3. The van der Waals surface area contributed by atoms with Crippen molar-refractivity contribution in [2.75, 3.05) is 7.11 Å². The van der Waals surface area contributed by atoms with Crippen LogP contribution in [0, 0.1) is 0 Å². The van der Waals surface area contributed by atoms with Gasteiger partial charge in [-0.1, -0.05) is 34.1 Å². The summed E-state index contributed by atoms with van der Waals surface area (Å²) in [5.41, 5.74) is 0.915. The number of benzene rings is 1. The molecule has 0 saturated heterocycles. The molecule has 1 aromatic carbocycles. The molecule has 0 aliphatic rings. The van der Waals surface area contributed by atoms with E-state index in [1.807, 2.05) is 24.3 Å². The number of amides is 1. The maximum Gasteiger partial charge on any atom is 0.307 e. The molecule has 102 valence electrons. The van der Waals surface area contributed by atoms with Crippen molar-refractivity contribution in [2.45, 2.75) is 19.4 Å². The van der Waals surface area contributed by atoms with Crippen LogP contribution in [0.3, 0.4) is 0 Å². The summed E-state index contributed by atoms with van der Waals surface area (Å²) in [4.78, 5) is 22.7. The largest absolute Gasteiger partial charge is 0.469 e. The summed E-state index contributed by atoms with van der Waals surface area (Å²) in [6.07, 6.45) is 3.31. The van der Waals surface area contributed by atoms with E-state index in [1.165, 1.54) is 13.2 Å². The predicted molar refractivity (Wildman–Crippen MR) is 77.4 cm³/mol. The van der Waals surface area contributed by atoms with Crippen molar-refractivity contribution in [3.8, 4) is 0 Å². The van der Waals surface area contributed by atoms with Gasteiger partial charge < -0.3 is 10.1 Å². The third kappa shape index (κ3) is 5.70. The van der Waals surface area contributed by atoms with Gasteiger partial charge in [-0.25, -0.2) is 0 Å². The van der Waals surface area contributed by atoms with Crippen LogP contribution in [0.25, 0.3) is 6.08 Å². The standard InChI is InChI=1S/C14H16BrNO3/c1-10(9-14(18)19-2)16-13(17)8-7-11-5-3-4-6-12(11)15/h3-8,10H,9H2,1-2H3,(H,16,17)/b8-7+. The van der Waals surface area contributed by atoms with Crippen LogP contribution in [0.15, 0.2) is 34.8 Å². The molecular weight excluding hydrogens is 310 g/mol. The first-order valence-corrected chi connectivity index (χ1v) is 6.62. The van der Waals surface area contributed by atoms with Gasteiger partial charge in [-0.2, -0.15) is 0 Å². The van der Waals surface area contributed by atoms with E-state index in [4.69, 9.17) is 0 Å². The fourth-order valence-corrected chi connectivity index (χ4v) is 1.87. The van der Waals surface area contributed by atoms with E-state index < -0.39 is 0 Å². The summed E-state index contributed by atoms with van der Waals surface area (Å²) >= 11 is 3.40. The molecule has 0 saturated carbocycles. The van der Waals surface area contributed by atoms with Crippen LogP contribution in [0.1, 0.15) is 18.9 Å². The van der Waals surface area contributed by atoms with Crippen molar-refractivity contribution < 1.29 is 14.3 Å². The Kier molecular flexibility index (Phi) is 6.29. The van der Waals surface area contributed by atoms with Gasteiger partial charge in [0.25, 0.3) is 0 Å². The van der Waals surface area contributed by atoms with Gasteiger partial charge in [-0.05, 0) is 24.6 Å². The second-order valence-electron chi connectivity index (χ2n) is 4.04. The van der Waals surface area contributed by atoms with Gasteiger partial charge in [-0.15, -0.1) is 0 Å². The van der Waals surface area contributed by atoms with Gasteiger partial charge in [0.15, 0.2) is 0 Å². The van der Waals surface area contributed by atoms with E-state index in [9.17, 15) is 9.59 Å². The van der Waals surface area contributed by atoms with Crippen LogP contribution in [0.2, 0.25) is 0 Å². The first-order valence-electron chi connectivity index (χ1n) is 5.83. The van der Waals surface area contributed by atoms with Crippen molar-refractivity contribution >= 4 is 33.9 Å². The lowest BCUT2D eigenvalue weighted by Crippen LogP contribution is -2.33. The molecule has 0 radical (unpaired) electrons. The fraction of sp³-hybridized carbons (Fsp3) is 0.286. The monoisotopic (exact) mass is 325 g/mol. The van der Waals surface area contributed by atoms with E-state index in [0.29, 0.717) is 0 Å². The van der Waals surface area contributed by atoms with Crippen LogP contribution in [0.5, 0.6) is 0 Å². The highest BCUT2D eigenvalue weighted by molar-refractivity contribution is 9.10. The molecule has 1 amide bonds. The summed E-state index contributed by atoms with van der Waals surface area (Å²) in [6, 6.07) is 7.33. The summed E-state index contributed by atoms with van der Waals surface area (Å²) in [5, 5.41) is 2.69. The maximum absolute atomic E-state index is 11.6. The average molecular weight is 326 g/mol. The van der Waals surface area contributed by atoms with Gasteiger partial charge in [0.05, 0.1) is 13.5 Å². The summed E-state index contributed by atoms with van der Waals surface area (Å²) in [5.74, 6) is -0.588. The number of carbonyl (C=O) groups is 2. The van der Waals surface area contributed by atoms with Gasteiger partial charge in [0.2, 0.25) is 5.91 Å². The summed E-state index contributed by atoms with van der Waals surface area (Å²) < 4.78 is 5.45. The van der Waals surface area contributed by atoms with Crippen molar-refractivity contribution in [3.05, 3.63) is 40.4 Å². The molecule has 1 N–H and O–H groups in total. The number of nitrogens with one attached hydrogen (secondary N) is 1. The lowest BCUT2D eigenvalue weighted by molar-refractivity contribution is -0.141. The maximum atomic E-state index is 11.6. The molecule has 19 heavy (non-hydrogen) atoms. The van der Waals surface area contributed by atoms with Crippen LogP contribution in [0.4, 0.5) is 0 Å². The number of halogens is 1. The molecule has 0 aliphatic carbocycles. The topological polar surface area (TPSA) is 55.4 Å². The number of hydrogen-bond donors (Lipinski definition) is 1. The zero-order valence-corrected chi connectivity index (χ0v) is 12.4. The molecule has 0 spiro atoms. The molecule has 5 heteroatoms. The Hall–Kier alpha value is -1.62. The lowest BCUT2D eigenvalue weighted by atomic mass is 10.2. The van der Waals surface area contributed by atoms with Crippen molar-refractivity contribution in [1.82, 2.24) is 5.32 Å². The third-order valence-electron chi connectivity index (χ3n) is 2.41. The number of ether oxygens (including phenoxy) is 1. The molecule has 1 rings (SSSR count). The summed E-state index contributed by atoms with van der Waals surface area (Å²) in [6.45, 7) is 1.75. The first-order chi connectivity index (χ1) is 9.02. The second-order valence-corrected chi connectivity index (χ2v) is 4.90. The molecule has 0 aromatic heterocycles.